The van der Waals surface area contributed by atoms with Crippen LogP contribution in [-0.2, 0) is 10.0 Å². The Bertz CT molecular complexity index is 773. The molecular weight excluding hydrogens is 388 g/mol. The van der Waals surface area contributed by atoms with Crippen LogP contribution in [0.3, 0.4) is 0 Å². The zero-order valence-electron chi connectivity index (χ0n) is 16.1. The maximum absolute atomic E-state index is 13.2. The summed E-state index contributed by atoms with van der Waals surface area (Å²) in [5.74, 6) is -0.114. The Labute approximate surface area is 168 Å². The van der Waals surface area contributed by atoms with E-state index in [2.05, 4.69) is 10.2 Å². The molecular formula is C18H29ClN4O3S. The molecule has 2 fully saturated rings. The summed E-state index contributed by atoms with van der Waals surface area (Å²) in [4.78, 5) is 17.3. The summed E-state index contributed by atoms with van der Waals surface area (Å²) in [6.07, 6.45) is 3.10. The molecule has 0 aliphatic carbocycles. The van der Waals surface area contributed by atoms with Crippen molar-refractivity contribution in [1.29, 1.82) is 0 Å². The van der Waals surface area contributed by atoms with Gasteiger partial charge in [0.2, 0.25) is 10.0 Å². The van der Waals surface area contributed by atoms with Crippen molar-refractivity contribution in [3.05, 3.63) is 23.8 Å². The van der Waals surface area contributed by atoms with Crippen LogP contribution in [0.1, 0.15) is 29.6 Å². The Morgan fingerprint density at radius 2 is 1.85 bits per heavy atom. The largest absolute Gasteiger partial charge is 0.371 e. The molecule has 1 aromatic rings. The van der Waals surface area contributed by atoms with Crippen LogP contribution in [0.2, 0.25) is 0 Å². The average molecular weight is 417 g/mol. The zero-order chi connectivity index (χ0) is 18.9. The minimum absolute atomic E-state index is 0. The van der Waals surface area contributed by atoms with Crippen molar-refractivity contribution in [2.24, 2.45) is 0 Å². The molecule has 7 nitrogen and oxygen atoms in total. The summed E-state index contributed by atoms with van der Waals surface area (Å²) in [6, 6.07) is 5.08. The summed E-state index contributed by atoms with van der Waals surface area (Å²) >= 11 is 0. The van der Waals surface area contributed by atoms with Crippen molar-refractivity contribution >= 4 is 34.0 Å². The van der Waals surface area contributed by atoms with Crippen LogP contribution < -0.4 is 10.2 Å². The molecule has 1 amide bonds. The lowest BCUT2D eigenvalue weighted by molar-refractivity contribution is 0.0744. The number of anilines is 1. The predicted octanol–water partition coefficient (Wildman–Crippen LogP) is 1.39. The van der Waals surface area contributed by atoms with Crippen molar-refractivity contribution in [2.45, 2.75) is 30.2 Å². The van der Waals surface area contributed by atoms with Gasteiger partial charge in [-0.3, -0.25) is 4.79 Å². The van der Waals surface area contributed by atoms with Crippen LogP contribution in [0.25, 0.3) is 0 Å². The first-order valence-corrected chi connectivity index (χ1v) is 10.6. The molecule has 1 atom stereocenters. The number of carbonyl (C=O) groups excluding carboxylic acids is 1. The Morgan fingerprint density at radius 1 is 1.19 bits per heavy atom. The molecule has 2 heterocycles. The first-order valence-electron chi connectivity index (χ1n) is 9.12. The fourth-order valence-electron chi connectivity index (χ4n) is 3.62. The molecule has 0 bridgehead atoms. The summed E-state index contributed by atoms with van der Waals surface area (Å²) < 4.78 is 26.3. The van der Waals surface area contributed by atoms with E-state index in [-0.39, 0.29) is 29.3 Å². The minimum Gasteiger partial charge on any atom is -0.371 e. The number of nitrogens with zero attached hydrogens (tertiary/aromatic N) is 3. The Morgan fingerprint density at radius 3 is 2.41 bits per heavy atom. The first kappa shape index (κ1) is 21.9. The van der Waals surface area contributed by atoms with Crippen molar-refractivity contribution < 1.29 is 13.2 Å². The third kappa shape index (κ3) is 4.39. The van der Waals surface area contributed by atoms with E-state index in [0.717, 1.165) is 51.1 Å². The molecule has 2 aliphatic rings. The number of halogens is 1. The van der Waals surface area contributed by atoms with Gasteiger partial charge in [0.25, 0.3) is 5.91 Å². The Balaban J connectivity index is 0.00000261. The molecule has 1 N–H and O–H groups in total. The second kappa shape index (κ2) is 8.77. The van der Waals surface area contributed by atoms with Gasteiger partial charge in [0, 0.05) is 52.5 Å². The van der Waals surface area contributed by atoms with Crippen LogP contribution in [-0.4, -0.2) is 76.9 Å². The maximum Gasteiger partial charge on any atom is 0.256 e. The van der Waals surface area contributed by atoms with E-state index in [1.807, 2.05) is 0 Å². The Hall–Kier alpha value is -1.35. The van der Waals surface area contributed by atoms with Gasteiger partial charge >= 0.3 is 0 Å². The average Bonchev–Trinajstić information content (AvgIpc) is 3.33. The van der Waals surface area contributed by atoms with E-state index in [0.29, 0.717) is 5.56 Å². The SMILES string of the molecule is CN(C(=O)c1cc(S(=O)(=O)N(C)C)ccc1N1CCCC1)C1CCNC1.Cl. The molecule has 1 aromatic carbocycles. The number of rotatable bonds is 5. The van der Waals surface area contributed by atoms with E-state index in [4.69, 9.17) is 0 Å². The molecule has 3 rings (SSSR count). The van der Waals surface area contributed by atoms with Crippen molar-refractivity contribution in [3.8, 4) is 0 Å². The highest BCUT2D eigenvalue weighted by atomic mass is 35.5. The molecule has 0 radical (unpaired) electrons. The van der Waals surface area contributed by atoms with Gasteiger partial charge in [-0.2, -0.15) is 0 Å². The van der Waals surface area contributed by atoms with Gasteiger partial charge in [-0.05, 0) is 44.0 Å². The van der Waals surface area contributed by atoms with Crippen molar-refractivity contribution in [3.63, 3.8) is 0 Å². The molecule has 0 aromatic heterocycles. The smallest absolute Gasteiger partial charge is 0.256 e. The van der Waals surface area contributed by atoms with E-state index >= 15 is 0 Å². The number of carbonyl (C=O) groups is 1. The second-order valence-electron chi connectivity index (χ2n) is 7.22. The van der Waals surface area contributed by atoms with Gasteiger partial charge in [0.05, 0.1) is 10.5 Å². The molecule has 152 valence electrons. The van der Waals surface area contributed by atoms with E-state index in [1.165, 1.54) is 18.4 Å². The monoisotopic (exact) mass is 416 g/mol. The summed E-state index contributed by atoms with van der Waals surface area (Å²) in [5, 5.41) is 3.27. The molecule has 2 saturated heterocycles. The highest BCUT2D eigenvalue weighted by Gasteiger charge is 2.29. The number of benzene rings is 1. The molecule has 9 heteroatoms. The first-order chi connectivity index (χ1) is 12.3. The molecule has 27 heavy (non-hydrogen) atoms. The highest BCUT2D eigenvalue weighted by Crippen LogP contribution is 2.29. The molecule has 2 aliphatic heterocycles. The van der Waals surface area contributed by atoms with Crippen molar-refractivity contribution in [1.82, 2.24) is 14.5 Å². The quantitative estimate of drug-likeness (QED) is 0.785. The number of sulfonamides is 1. The second-order valence-corrected chi connectivity index (χ2v) is 9.38. The zero-order valence-corrected chi connectivity index (χ0v) is 17.8. The van der Waals surface area contributed by atoms with Crippen LogP contribution >= 0.6 is 12.4 Å². The lowest BCUT2D eigenvalue weighted by Gasteiger charge is -2.28. The standard InChI is InChI=1S/C18H28N4O3S.ClH/c1-20(2)26(24,25)15-6-7-17(22-10-4-5-11-22)16(12-15)18(23)21(3)14-8-9-19-13-14;/h6-7,12,14,19H,4-5,8-11,13H2,1-3H3;1H. The lowest BCUT2D eigenvalue weighted by atomic mass is 10.1. The fourth-order valence-corrected chi connectivity index (χ4v) is 4.55. The van der Waals surface area contributed by atoms with Crippen LogP contribution in [0.4, 0.5) is 5.69 Å². The Kier molecular flexibility index (Phi) is 7.13. The van der Waals surface area contributed by atoms with Gasteiger partial charge in [-0.25, -0.2) is 12.7 Å². The van der Waals surface area contributed by atoms with E-state index < -0.39 is 10.0 Å². The molecule has 1 unspecified atom stereocenters. The molecule has 0 spiro atoms. The topological polar surface area (TPSA) is 73.0 Å². The van der Waals surface area contributed by atoms with E-state index in [1.54, 1.807) is 30.1 Å². The number of nitrogens with one attached hydrogen (secondary N) is 1. The third-order valence-corrected chi connectivity index (χ3v) is 7.14. The van der Waals surface area contributed by atoms with Crippen LogP contribution in [0.5, 0.6) is 0 Å². The van der Waals surface area contributed by atoms with Crippen LogP contribution in [0, 0.1) is 0 Å². The summed E-state index contributed by atoms with van der Waals surface area (Å²) in [7, 11) is 1.22. The van der Waals surface area contributed by atoms with Crippen molar-refractivity contribution in [2.75, 3.05) is 52.2 Å². The normalized spacial score (nSPS) is 20.0. The van der Waals surface area contributed by atoms with Gasteiger partial charge < -0.3 is 15.1 Å². The number of amides is 1. The fraction of sp³-hybridized carbons (Fsp3) is 0.611. The lowest BCUT2D eigenvalue weighted by Crippen LogP contribution is -2.39. The van der Waals surface area contributed by atoms with Gasteiger partial charge in [0.15, 0.2) is 0 Å². The predicted molar refractivity (Wildman–Crippen MR) is 109 cm³/mol. The number of hydrogen-bond acceptors (Lipinski definition) is 5. The number of likely N-dealkylation sites (N-methyl/N-ethyl adjacent to an activating group) is 1. The van der Waals surface area contributed by atoms with Gasteiger partial charge in [-0.15, -0.1) is 12.4 Å². The number of hydrogen-bond donors (Lipinski definition) is 1. The minimum atomic E-state index is -3.59. The van der Waals surface area contributed by atoms with Gasteiger partial charge in [0.1, 0.15) is 0 Å². The third-order valence-electron chi connectivity index (χ3n) is 5.33. The van der Waals surface area contributed by atoms with Crippen LogP contribution in [0.15, 0.2) is 23.1 Å². The van der Waals surface area contributed by atoms with E-state index in [9.17, 15) is 13.2 Å². The summed E-state index contributed by atoms with van der Waals surface area (Å²) in [6.45, 7) is 3.47. The molecule has 0 saturated carbocycles. The summed E-state index contributed by atoms with van der Waals surface area (Å²) in [5.41, 5.74) is 1.31. The van der Waals surface area contributed by atoms with Gasteiger partial charge in [-0.1, -0.05) is 0 Å². The highest BCUT2D eigenvalue weighted by molar-refractivity contribution is 7.89. The maximum atomic E-state index is 13.2.